The van der Waals surface area contributed by atoms with Crippen molar-refractivity contribution < 1.29 is 4.79 Å². The number of hydrogen-bond donors (Lipinski definition) is 1. The van der Waals surface area contributed by atoms with Gasteiger partial charge in [0.1, 0.15) is 5.82 Å². The second-order valence-electron chi connectivity index (χ2n) is 5.34. The smallest absolute Gasteiger partial charge is 0.253 e. The average molecular weight is 278 g/mol. The summed E-state index contributed by atoms with van der Waals surface area (Å²) in [7, 11) is 5.84. The van der Waals surface area contributed by atoms with E-state index in [9.17, 15) is 4.79 Å². The Hall–Kier alpha value is -1.62. The maximum Gasteiger partial charge on any atom is 0.253 e. The molecule has 0 atom stereocenters. The Morgan fingerprint density at radius 3 is 2.55 bits per heavy atom. The number of pyridine rings is 1. The van der Waals surface area contributed by atoms with Gasteiger partial charge in [-0.1, -0.05) is 6.92 Å². The number of carbonyl (C=O) groups excluding carboxylic acids is 1. The molecule has 1 aromatic heterocycles. The summed E-state index contributed by atoms with van der Waals surface area (Å²) in [6.07, 6.45) is 1.03. The Labute approximate surface area is 122 Å². The topological polar surface area (TPSA) is 48.5 Å². The fourth-order valence-electron chi connectivity index (χ4n) is 1.81. The van der Waals surface area contributed by atoms with E-state index >= 15 is 0 Å². The number of aryl methyl sites for hydroxylation is 1. The normalized spacial score (nSPS) is 10.7. The van der Waals surface area contributed by atoms with Crippen LogP contribution < -0.4 is 5.32 Å². The van der Waals surface area contributed by atoms with Crippen molar-refractivity contribution in [3.8, 4) is 0 Å². The van der Waals surface area contributed by atoms with Crippen LogP contribution in [0.4, 0.5) is 5.82 Å². The zero-order chi connectivity index (χ0) is 15.1. The summed E-state index contributed by atoms with van der Waals surface area (Å²) >= 11 is 0. The summed E-state index contributed by atoms with van der Waals surface area (Å²) in [5.74, 6) is 0.813. The van der Waals surface area contributed by atoms with E-state index in [0.29, 0.717) is 12.1 Å². The van der Waals surface area contributed by atoms with Crippen LogP contribution in [0.5, 0.6) is 0 Å². The number of likely N-dealkylation sites (N-methyl/N-ethyl adjacent to an activating group) is 2. The lowest BCUT2D eigenvalue weighted by Gasteiger charge is -2.20. The standard InChI is InChI=1S/C15H26N4O/c1-6-7-16-14-11-13(10-12(2)17-14)15(20)19(5)9-8-18(3)4/h10-11H,6-9H2,1-5H3,(H,16,17). The zero-order valence-corrected chi connectivity index (χ0v) is 13.2. The Bertz CT molecular complexity index is 445. The van der Waals surface area contributed by atoms with Gasteiger partial charge in [0.25, 0.3) is 5.91 Å². The highest BCUT2D eigenvalue weighted by atomic mass is 16.2. The molecule has 20 heavy (non-hydrogen) atoms. The lowest BCUT2D eigenvalue weighted by molar-refractivity contribution is 0.0786. The van der Waals surface area contributed by atoms with Gasteiger partial charge in [-0.25, -0.2) is 4.98 Å². The van der Waals surface area contributed by atoms with Crippen LogP contribution in [0.1, 0.15) is 29.4 Å². The fourth-order valence-corrected chi connectivity index (χ4v) is 1.81. The fraction of sp³-hybridized carbons (Fsp3) is 0.600. The molecule has 0 radical (unpaired) electrons. The molecule has 1 rings (SSSR count). The van der Waals surface area contributed by atoms with E-state index in [1.807, 2.05) is 40.2 Å². The molecule has 1 aromatic rings. The zero-order valence-electron chi connectivity index (χ0n) is 13.2. The van der Waals surface area contributed by atoms with Gasteiger partial charge >= 0.3 is 0 Å². The van der Waals surface area contributed by atoms with Crippen molar-refractivity contribution in [3.63, 3.8) is 0 Å². The van der Waals surface area contributed by atoms with Crippen LogP contribution in [0.15, 0.2) is 12.1 Å². The predicted octanol–water partition coefficient (Wildman–Crippen LogP) is 1.85. The second-order valence-corrected chi connectivity index (χ2v) is 5.34. The molecule has 112 valence electrons. The van der Waals surface area contributed by atoms with E-state index in [2.05, 4.69) is 22.1 Å². The van der Waals surface area contributed by atoms with Gasteiger partial charge in [0.15, 0.2) is 0 Å². The summed E-state index contributed by atoms with van der Waals surface area (Å²) in [5.41, 5.74) is 1.55. The third-order valence-corrected chi connectivity index (χ3v) is 2.99. The van der Waals surface area contributed by atoms with Gasteiger partial charge < -0.3 is 15.1 Å². The summed E-state index contributed by atoms with van der Waals surface area (Å²) in [6, 6.07) is 3.67. The molecule has 1 N–H and O–H groups in total. The highest BCUT2D eigenvalue weighted by Gasteiger charge is 2.13. The molecule has 0 unspecified atom stereocenters. The average Bonchev–Trinajstić information content (AvgIpc) is 2.41. The van der Waals surface area contributed by atoms with E-state index < -0.39 is 0 Å². The minimum atomic E-state index is 0.0388. The first-order valence-corrected chi connectivity index (χ1v) is 7.06. The number of amides is 1. The van der Waals surface area contributed by atoms with Crippen LogP contribution in [-0.2, 0) is 0 Å². The molecule has 0 spiro atoms. The summed E-state index contributed by atoms with van der Waals surface area (Å²) in [5, 5.41) is 3.23. The van der Waals surface area contributed by atoms with Crippen molar-refractivity contribution in [3.05, 3.63) is 23.4 Å². The number of rotatable bonds is 7. The van der Waals surface area contributed by atoms with Crippen molar-refractivity contribution in [1.29, 1.82) is 0 Å². The molecule has 0 fully saturated rings. The molecular weight excluding hydrogens is 252 g/mol. The Morgan fingerprint density at radius 1 is 1.25 bits per heavy atom. The van der Waals surface area contributed by atoms with Gasteiger partial charge in [-0.05, 0) is 39.6 Å². The number of nitrogens with zero attached hydrogens (tertiary/aromatic N) is 3. The lowest BCUT2D eigenvalue weighted by atomic mass is 10.2. The molecule has 5 nitrogen and oxygen atoms in total. The van der Waals surface area contributed by atoms with Gasteiger partial charge in [0.05, 0.1) is 0 Å². The number of carbonyl (C=O) groups is 1. The first-order chi connectivity index (χ1) is 9.43. The Kier molecular flexibility index (Phi) is 6.45. The molecule has 0 saturated heterocycles. The Balaban J connectivity index is 2.78. The van der Waals surface area contributed by atoms with E-state index in [-0.39, 0.29) is 5.91 Å². The SMILES string of the molecule is CCCNc1cc(C(=O)N(C)CCN(C)C)cc(C)n1. The maximum atomic E-state index is 12.4. The van der Waals surface area contributed by atoms with E-state index in [0.717, 1.165) is 31.0 Å². The molecule has 0 aliphatic heterocycles. The summed E-state index contributed by atoms with van der Waals surface area (Å²) < 4.78 is 0. The van der Waals surface area contributed by atoms with E-state index in [1.54, 1.807) is 4.90 Å². The highest BCUT2D eigenvalue weighted by molar-refractivity contribution is 5.94. The number of anilines is 1. The maximum absolute atomic E-state index is 12.4. The molecule has 0 bridgehead atoms. The molecule has 1 amide bonds. The summed E-state index contributed by atoms with van der Waals surface area (Å²) in [6.45, 7) is 6.44. The van der Waals surface area contributed by atoms with Crippen LogP contribution in [-0.4, -0.2) is 61.5 Å². The predicted molar refractivity (Wildman–Crippen MR) is 83.3 cm³/mol. The summed E-state index contributed by atoms with van der Waals surface area (Å²) in [4.78, 5) is 20.6. The first-order valence-electron chi connectivity index (χ1n) is 7.06. The van der Waals surface area contributed by atoms with Crippen LogP contribution in [0, 0.1) is 6.92 Å². The Morgan fingerprint density at radius 2 is 1.95 bits per heavy atom. The van der Waals surface area contributed by atoms with Gasteiger partial charge in [0, 0.05) is 37.9 Å². The number of hydrogen-bond acceptors (Lipinski definition) is 4. The molecule has 0 saturated carbocycles. The van der Waals surface area contributed by atoms with Crippen molar-refractivity contribution in [2.24, 2.45) is 0 Å². The number of aromatic nitrogens is 1. The highest BCUT2D eigenvalue weighted by Crippen LogP contribution is 2.12. The minimum Gasteiger partial charge on any atom is -0.370 e. The van der Waals surface area contributed by atoms with Crippen LogP contribution in [0.3, 0.4) is 0 Å². The molecular formula is C15H26N4O. The second kappa shape index (κ2) is 7.85. The molecule has 5 heteroatoms. The monoisotopic (exact) mass is 278 g/mol. The van der Waals surface area contributed by atoms with Gasteiger partial charge in [0.2, 0.25) is 0 Å². The lowest BCUT2D eigenvalue weighted by Crippen LogP contribution is -2.33. The van der Waals surface area contributed by atoms with Gasteiger partial charge in [-0.2, -0.15) is 0 Å². The van der Waals surface area contributed by atoms with E-state index in [1.165, 1.54) is 0 Å². The van der Waals surface area contributed by atoms with Crippen LogP contribution >= 0.6 is 0 Å². The van der Waals surface area contributed by atoms with Crippen molar-refractivity contribution in [1.82, 2.24) is 14.8 Å². The third kappa shape index (κ3) is 5.17. The van der Waals surface area contributed by atoms with Crippen molar-refractivity contribution >= 4 is 11.7 Å². The van der Waals surface area contributed by atoms with E-state index in [4.69, 9.17) is 0 Å². The molecule has 0 aliphatic carbocycles. The number of nitrogens with one attached hydrogen (secondary N) is 1. The molecule has 0 aliphatic rings. The van der Waals surface area contributed by atoms with Crippen LogP contribution in [0.25, 0.3) is 0 Å². The molecule has 0 aromatic carbocycles. The quantitative estimate of drug-likeness (QED) is 0.827. The van der Waals surface area contributed by atoms with Gasteiger partial charge in [-0.15, -0.1) is 0 Å². The minimum absolute atomic E-state index is 0.0388. The molecule has 1 heterocycles. The van der Waals surface area contributed by atoms with Crippen molar-refractivity contribution in [2.75, 3.05) is 46.1 Å². The van der Waals surface area contributed by atoms with Crippen LogP contribution in [0.2, 0.25) is 0 Å². The third-order valence-electron chi connectivity index (χ3n) is 2.99. The van der Waals surface area contributed by atoms with Gasteiger partial charge in [-0.3, -0.25) is 4.79 Å². The largest absolute Gasteiger partial charge is 0.370 e. The van der Waals surface area contributed by atoms with Crippen molar-refractivity contribution in [2.45, 2.75) is 20.3 Å². The first kappa shape index (κ1) is 16.4.